The van der Waals surface area contributed by atoms with E-state index in [0.29, 0.717) is 12.1 Å². The third kappa shape index (κ3) is 2.34. The van der Waals surface area contributed by atoms with Crippen LogP contribution in [0.5, 0.6) is 0 Å². The number of rotatable bonds is 3. The first-order chi connectivity index (χ1) is 10.8. The zero-order valence-electron chi connectivity index (χ0n) is 12.9. The fraction of sp³-hybridized carbons (Fsp3) is 0.300. The highest BCUT2D eigenvalue weighted by Crippen LogP contribution is 2.38. The average molecular weight is 291 g/mol. The van der Waals surface area contributed by atoms with Crippen LogP contribution in [0.3, 0.4) is 0 Å². The molecular formula is C20H21NO. The van der Waals surface area contributed by atoms with Crippen molar-refractivity contribution in [3.8, 4) is 0 Å². The zero-order chi connectivity index (χ0) is 14.9. The lowest BCUT2D eigenvalue weighted by Crippen LogP contribution is -2.27. The van der Waals surface area contributed by atoms with Crippen LogP contribution < -0.4 is 5.32 Å². The maximum absolute atomic E-state index is 6.18. The fourth-order valence-electron chi connectivity index (χ4n) is 3.57. The first-order valence-electron chi connectivity index (χ1n) is 8.14. The molecular weight excluding hydrogens is 270 g/mol. The molecule has 112 valence electrons. The van der Waals surface area contributed by atoms with Crippen LogP contribution in [0.25, 0.3) is 11.0 Å². The Morgan fingerprint density at radius 3 is 2.68 bits per heavy atom. The van der Waals surface area contributed by atoms with Crippen molar-refractivity contribution in [3.05, 3.63) is 71.5 Å². The SMILES string of the molecule is CC(NC1CCCc2c1oc1ccccc21)c1ccccc1. The van der Waals surface area contributed by atoms with E-state index in [9.17, 15) is 0 Å². The van der Waals surface area contributed by atoms with Crippen LogP contribution in [0, 0.1) is 0 Å². The van der Waals surface area contributed by atoms with Gasteiger partial charge in [0.25, 0.3) is 0 Å². The van der Waals surface area contributed by atoms with Crippen LogP contribution in [0.2, 0.25) is 0 Å². The topological polar surface area (TPSA) is 25.2 Å². The fourth-order valence-corrected chi connectivity index (χ4v) is 3.57. The standard InChI is InChI=1S/C20H21NO/c1-14(15-8-3-2-4-9-15)21-18-12-7-11-17-16-10-5-6-13-19(16)22-20(17)18/h2-6,8-10,13-14,18,21H,7,11-12H2,1H3. The predicted octanol–water partition coefficient (Wildman–Crippen LogP) is 5.16. The molecule has 0 aliphatic heterocycles. The molecule has 0 spiro atoms. The van der Waals surface area contributed by atoms with Gasteiger partial charge < -0.3 is 9.73 Å². The molecule has 0 amide bonds. The highest BCUT2D eigenvalue weighted by molar-refractivity contribution is 5.82. The van der Waals surface area contributed by atoms with E-state index in [4.69, 9.17) is 4.42 Å². The first-order valence-corrected chi connectivity index (χ1v) is 8.14. The molecule has 1 aliphatic carbocycles. The van der Waals surface area contributed by atoms with Gasteiger partial charge in [-0.3, -0.25) is 0 Å². The molecule has 1 aromatic heterocycles. The molecule has 0 bridgehead atoms. The summed E-state index contributed by atoms with van der Waals surface area (Å²) in [5.74, 6) is 1.15. The smallest absolute Gasteiger partial charge is 0.134 e. The number of fused-ring (bicyclic) bond motifs is 3. The predicted molar refractivity (Wildman–Crippen MR) is 89.9 cm³/mol. The van der Waals surface area contributed by atoms with Gasteiger partial charge in [-0.05, 0) is 37.8 Å². The summed E-state index contributed by atoms with van der Waals surface area (Å²) in [5.41, 5.74) is 3.75. The molecule has 22 heavy (non-hydrogen) atoms. The molecule has 1 N–H and O–H groups in total. The minimum absolute atomic E-state index is 0.311. The minimum atomic E-state index is 0.311. The average Bonchev–Trinajstić information content (AvgIpc) is 2.95. The summed E-state index contributed by atoms with van der Waals surface area (Å²) in [4.78, 5) is 0. The van der Waals surface area contributed by atoms with Crippen molar-refractivity contribution >= 4 is 11.0 Å². The number of para-hydroxylation sites is 1. The van der Waals surface area contributed by atoms with Crippen LogP contribution in [0.15, 0.2) is 59.0 Å². The second-order valence-electron chi connectivity index (χ2n) is 6.18. The van der Waals surface area contributed by atoms with Crippen LogP contribution in [-0.2, 0) is 6.42 Å². The van der Waals surface area contributed by atoms with E-state index < -0.39 is 0 Å². The Bertz CT molecular complexity index is 775. The van der Waals surface area contributed by atoms with E-state index in [2.05, 4.69) is 60.8 Å². The van der Waals surface area contributed by atoms with Crippen molar-refractivity contribution in [2.75, 3.05) is 0 Å². The zero-order valence-corrected chi connectivity index (χ0v) is 12.9. The van der Waals surface area contributed by atoms with Crippen molar-refractivity contribution in [3.63, 3.8) is 0 Å². The molecule has 3 aromatic rings. The Morgan fingerprint density at radius 2 is 1.82 bits per heavy atom. The third-order valence-electron chi connectivity index (χ3n) is 4.72. The summed E-state index contributed by atoms with van der Waals surface area (Å²) in [6.45, 7) is 2.23. The van der Waals surface area contributed by atoms with Crippen LogP contribution in [-0.4, -0.2) is 0 Å². The van der Waals surface area contributed by atoms with E-state index in [1.165, 1.54) is 22.9 Å². The van der Waals surface area contributed by atoms with Crippen molar-refractivity contribution in [2.24, 2.45) is 0 Å². The normalized spacial score (nSPS) is 19.0. The van der Waals surface area contributed by atoms with Gasteiger partial charge in [-0.25, -0.2) is 0 Å². The van der Waals surface area contributed by atoms with Gasteiger partial charge in [0, 0.05) is 17.0 Å². The van der Waals surface area contributed by atoms with Gasteiger partial charge in [-0.15, -0.1) is 0 Å². The molecule has 1 aliphatic rings. The van der Waals surface area contributed by atoms with Gasteiger partial charge in [0.05, 0.1) is 6.04 Å². The Kier molecular flexibility index (Phi) is 3.47. The maximum Gasteiger partial charge on any atom is 0.134 e. The second-order valence-corrected chi connectivity index (χ2v) is 6.18. The van der Waals surface area contributed by atoms with Gasteiger partial charge in [0.1, 0.15) is 11.3 Å². The summed E-state index contributed by atoms with van der Waals surface area (Å²) in [6, 6.07) is 19.7. The molecule has 1 heterocycles. The van der Waals surface area contributed by atoms with E-state index in [-0.39, 0.29) is 0 Å². The lowest BCUT2D eigenvalue weighted by molar-refractivity contribution is 0.353. The highest BCUT2D eigenvalue weighted by Gasteiger charge is 2.27. The molecule has 0 fully saturated rings. The molecule has 2 atom stereocenters. The Balaban J connectivity index is 1.65. The largest absolute Gasteiger partial charge is 0.459 e. The Hall–Kier alpha value is -2.06. The molecule has 4 rings (SSSR count). The lowest BCUT2D eigenvalue weighted by Gasteiger charge is -2.26. The molecule has 0 saturated heterocycles. The number of hydrogen-bond acceptors (Lipinski definition) is 2. The quantitative estimate of drug-likeness (QED) is 0.721. The summed E-state index contributed by atoms with van der Waals surface area (Å²) < 4.78 is 6.18. The number of aryl methyl sites for hydroxylation is 1. The van der Waals surface area contributed by atoms with Crippen molar-refractivity contribution in [1.82, 2.24) is 5.32 Å². The lowest BCUT2D eigenvalue weighted by atomic mass is 9.91. The summed E-state index contributed by atoms with van der Waals surface area (Å²) >= 11 is 0. The van der Waals surface area contributed by atoms with Crippen molar-refractivity contribution in [2.45, 2.75) is 38.3 Å². The van der Waals surface area contributed by atoms with Crippen LogP contribution >= 0.6 is 0 Å². The van der Waals surface area contributed by atoms with Crippen molar-refractivity contribution in [1.29, 1.82) is 0 Å². The van der Waals surface area contributed by atoms with Gasteiger partial charge in [0.2, 0.25) is 0 Å². The molecule has 2 unspecified atom stereocenters. The number of benzene rings is 2. The Labute approximate surface area is 131 Å². The second kappa shape index (κ2) is 5.62. The minimum Gasteiger partial charge on any atom is -0.459 e. The Morgan fingerprint density at radius 1 is 1.05 bits per heavy atom. The van der Waals surface area contributed by atoms with Crippen LogP contribution in [0.1, 0.15) is 48.7 Å². The van der Waals surface area contributed by atoms with E-state index in [1.807, 2.05) is 6.07 Å². The number of nitrogens with one attached hydrogen (secondary N) is 1. The van der Waals surface area contributed by atoms with E-state index >= 15 is 0 Å². The number of furan rings is 1. The number of hydrogen-bond donors (Lipinski definition) is 1. The maximum atomic E-state index is 6.18. The summed E-state index contributed by atoms with van der Waals surface area (Å²) in [7, 11) is 0. The molecule has 0 saturated carbocycles. The molecule has 2 heteroatoms. The summed E-state index contributed by atoms with van der Waals surface area (Å²) in [6.07, 6.45) is 3.49. The van der Waals surface area contributed by atoms with Gasteiger partial charge in [0.15, 0.2) is 0 Å². The highest BCUT2D eigenvalue weighted by atomic mass is 16.3. The molecule has 0 radical (unpaired) electrons. The monoisotopic (exact) mass is 291 g/mol. The van der Waals surface area contributed by atoms with E-state index in [0.717, 1.165) is 24.2 Å². The van der Waals surface area contributed by atoms with Gasteiger partial charge >= 0.3 is 0 Å². The molecule has 2 aromatic carbocycles. The molecule has 2 nitrogen and oxygen atoms in total. The van der Waals surface area contributed by atoms with Gasteiger partial charge in [-0.1, -0.05) is 48.5 Å². The summed E-state index contributed by atoms with van der Waals surface area (Å²) in [5, 5.41) is 5.05. The van der Waals surface area contributed by atoms with Gasteiger partial charge in [-0.2, -0.15) is 0 Å². The van der Waals surface area contributed by atoms with Crippen LogP contribution in [0.4, 0.5) is 0 Å². The van der Waals surface area contributed by atoms with Crippen molar-refractivity contribution < 1.29 is 4.42 Å². The first kappa shape index (κ1) is 13.6. The van der Waals surface area contributed by atoms with E-state index in [1.54, 1.807) is 0 Å². The third-order valence-corrected chi connectivity index (χ3v) is 4.72.